The van der Waals surface area contributed by atoms with Gasteiger partial charge in [-0.05, 0) is 38.9 Å². The highest BCUT2D eigenvalue weighted by Crippen LogP contribution is 2.24. The molecule has 0 radical (unpaired) electrons. The van der Waals surface area contributed by atoms with Gasteiger partial charge >= 0.3 is 0 Å². The Hall–Kier alpha value is -2.01. The molecular weight excluding hydrogens is 281 g/mol. The van der Waals surface area contributed by atoms with Crippen LogP contribution in [0.4, 0.5) is 4.39 Å². The van der Waals surface area contributed by atoms with Gasteiger partial charge in [0.15, 0.2) is 0 Å². The summed E-state index contributed by atoms with van der Waals surface area (Å²) >= 11 is 0. The molecule has 5 heteroatoms. The normalized spacial score (nSPS) is 12.6. The molecule has 22 heavy (non-hydrogen) atoms. The van der Waals surface area contributed by atoms with Gasteiger partial charge in [0.1, 0.15) is 5.82 Å². The van der Waals surface area contributed by atoms with Crippen LogP contribution < -0.4 is 0 Å². The molecular formula is C17H22FN3O. The van der Waals surface area contributed by atoms with Crippen molar-refractivity contribution in [1.29, 1.82) is 0 Å². The van der Waals surface area contributed by atoms with Gasteiger partial charge in [-0.25, -0.2) is 4.39 Å². The monoisotopic (exact) mass is 303 g/mol. The van der Waals surface area contributed by atoms with Crippen molar-refractivity contribution < 1.29 is 8.91 Å². The summed E-state index contributed by atoms with van der Waals surface area (Å²) in [4.78, 5) is 6.60. The molecule has 4 nitrogen and oxygen atoms in total. The third-order valence-electron chi connectivity index (χ3n) is 3.66. The van der Waals surface area contributed by atoms with Crippen molar-refractivity contribution in [1.82, 2.24) is 15.0 Å². The van der Waals surface area contributed by atoms with Gasteiger partial charge in [-0.15, -0.1) is 0 Å². The first-order valence-corrected chi connectivity index (χ1v) is 7.41. The lowest BCUT2D eigenvalue weighted by molar-refractivity contribution is 0.195. The van der Waals surface area contributed by atoms with E-state index in [9.17, 15) is 4.39 Å². The lowest BCUT2D eigenvalue weighted by atomic mass is 10.1. The Morgan fingerprint density at radius 3 is 2.77 bits per heavy atom. The molecule has 0 aliphatic carbocycles. The highest BCUT2D eigenvalue weighted by Gasteiger charge is 2.21. The fourth-order valence-corrected chi connectivity index (χ4v) is 2.28. The second-order valence-electron chi connectivity index (χ2n) is 5.62. The molecule has 1 unspecified atom stereocenters. The maximum Gasteiger partial charge on any atom is 0.244 e. The Labute approximate surface area is 130 Å². The van der Waals surface area contributed by atoms with Gasteiger partial charge in [0, 0.05) is 12.1 Å². The number of halogens is 1. The highest BCUT2D eigenvalue weighted by atomic mass is 19.1. The van der Waals surface area contributed by atoms with E-state index in [1.165, 1.54) is 6.07 Å². The first kappa shape index (κ1) is 16.4. The Bertz CT molecular complexity index is 666. The maximum absolute atomic E-state index is 13.7. The third kappa shape index (κ3) is 3.60. The van der Waals surface area contributed by atoms with Crippen LogP contribution in [0, 0.1) is 12.7 Å². The number of aryl methyl sites for hydroxylation is 1. The number of rotatable bonds is 6. The maximum atomic E-state index is 13.7. The smallest absolute Gasteiger partial charge is 0.244 e. The topological polar surface area (TPSA) is 42.2 Å². The quantitative estimate of drug-likeness (QED) is 0.752. The molecule has 1 aromatic heterocycles. The minimum absolute atomic E-state index is 0.0155. The van der Waals surface area contributed by atoms with Gasteiger partial charge < -0.3 is 4.52 Å². The largest absolute Gasteiger partial charge is 0.337 e. The molecule has 0 aliphatic rings. The minimum Gasteiger partial charge on any atom is -0.337 e. The molecule has 1 atom stereocenters. The van der Waals surface area contributed by atoms with Crippen molar-refractivity contribution in [3.63, 3.8) is 0 Å². The van der Waals surface area contributed by atoms with Crippen molar-refractivity contribution in [2.45, 2.75) is 33.7 Å². The summed E-state index contributed by atoms with van der Waals surface area (Å²) in [6.45, 7) is 13.4. The number of hydrogen-bond donors (Lipinski definition) is 0. The van der Waals surface area contributed by atoms with Crippen LogP contribution in [0.25, 0.3) is 11.4 Å². The molecule has 1 aromatic carbocycles. The standard InChI is InChI=1S/C17H22FN3O/c1-6-21(10-11(2)3)13(5)17-19-16(20-22-17)14-8-7-12(4)15(18)9-14/h7-9,13H,2,6,10H2,1,3-5H3. The molecule has 0 aliphatic heterocycles. The average Bonchev–Trinajstić information content (AvgIpc) is 2.96. The highest BCUT2D eigenvalue weighted by molar-refractivity contribution is 5.54. The van der Waals surface area contributed by atoms with Gasteiger partial charge in [-0.2, -0.15) is 4.98 Å². The zero-order valence-corrected chi connectivity index (χ0v) is 13.6. The number of benzene rings is 1. The second-order valence-corrected chi connectivity index (χ2v) is 5.62. The number of nitrogens with zero attached hydrogens (tertiary/aromatic N) is 3. The lowest BCUT2D eigenvalue weighted by Gasteiger charge is -2.24. The van der Waals surface area contributed by atoms with Crippen LogP contribution in [0.5, 0.6) is 0 Å². The van der Waals surface area contributed by atoms with Crippen molar-refractivity contribution in [2.75, 3.05) is 13.1 Å². The fraction of sp³-hybridized carbons (Fsp3) is 0.412. The summed E-state index contributed by atoms with van der Waals surface area (Å²) in [6.07, 6.45) is 0. The van der Waals surface area contributed by atoms with Crippen LogP contribution in [-0.4, -0.2) is 28.1 Å². The van der Waals surface area contributed by atoms with Crippen LogP contribution in [0.3, 0.4) is 0 Å². The Balaban J connectivity index is 2.23. The van der Waals surface area contributed by atoms with Gasteiger partial charge in [0.05, 0.1) is 6.04 Å². The van der Waals surface area contributed by atoms with E-state index in [2.05, 4.69) is 28.5 Å². The van der Waals surface area contributed by atoms with Crippen molar-refractivity contribution in [3.05, 3.63) is 47.6 Å². The average molecular weight is 303 g/mol. The van der Waals surface area contributed by atoms with E-state index in [0.29, 0.717) is 22.8 Å². The molecule has 0 N–H and O–H groups in total. The van der Waals surface area contributed by atoms with Crippen molar-refractivity contribution >= 4 is 0 Å². The molecule has 2 aromatic rings. The minimum atomic E-state index is -0.269. The van der Waals surface area contributed by atoms with E-state index in [1.807, 2.05) is 13.8 Å². The molecule has 1 heterocycles. The summed E-state index contributed by atoms with van der Waals surface area (Å²) in [5.41, 5.74) is 2.29. The number of aromatic nitrogens is 2. The van der Waals surface area contributed by atoms with Crippen LogP contribution >= 0.6 is 0 Å². The molecule has 0 bridgehead atoms. The second kappa shape index (κ2) is 6.83. The van der Waals surface area contributed by atoms with Gasteiger partial charge in [-0.3, -0.25) is 4.90 Å². The molecule has 2 rings (SSSR count). The summed E-state index contributed by atoms with van der Waals surface area (Å²) in [5, 5.41) is 3.97. The summed E-state index contributed by atoms with van der Waals surface area (Å²) in [6, 6.07) is 4.92. The van der Waals surface area contributed by atoms with E-state index in [0.717, 1.165) is 18.7 Å². The molecule has 0 saturated carbocycles. The summed E-state index contributed by atoms with van der Waals surface area (Å²) < 4.78 is 19.0. The van der Waals surface area contributed by atoms with Crippen LogP contribution in [0.2, 0.25) is 0 Å². The van der Waals surface area contributed by atoms with E-state index in [1.54, 1.807) is 19.1 Å². The Morgan fingerprint density at radius 2 is 2.18 bits per heavy atom. The number of hydrogen-bond acceptors (Lipinski definition) is 4. The SMILES string of the molecule is C=C(C)CN(CC)C(C)c1nc(-c2ccc(C)c(F)c2)no1. The predicted molar refractivity (Wildman–Crippen MR) is 84.9 cm³/mol. The van der Waals surface area contributed by atoms with E-state index < -0.39 is 0 Å². The third-order valence-corrected chi connectivity index (χ3v) is 3.66. The van der Waals surface area contributed by atoms with Crippen LogP contribution in [0.15, 0.2) is 34.9 Å². The Morgan fingerprint density at radius 1 is 1.45 bits per heavy atom. The molecule has 0 amide bonds. The zero-order valence-electron chi connectivity index (χ0n) is 13.6. The first-order chi connectivity index (χ1) is 10.4. The van der Waals surface area contributed by atoms with Crippen molar-refractivity contribution in [2.24, 2.45) is 0 Å². The predicted octanol–water partition coefficient (Wildman–Crippen LogP) is 4.14. The summed E-state index contributed by atoms with van der Waals surface area (Å²) in [5.74, 6) is 0.667. The van der Waals surface area contributed by atoms with E-state index >= 15 is 0 Å². The van der Waals surface area contributed by atoms with Gasteiger partial charge in [0.25, 0.3) is 0 Å². The van der Waals surface area contributed by atoms with Crippen LogP contribution in [0.1, 0.15) is 38.3 Å². The molecule has 0 fully saturated rings. The number of likely N-dealkylation sites (N-methyl/N-ethyl adjacent to an activating group) is 1. The van der Waals surface area contributed by atoms with Crippen molar-refractivity contribution in [3.8, 4) is 11.4 Å². The zero-order chi connectivity index (χ0) is 16.3. The first-order valence-electron chi connectivity index (χ1n) is 7.41. The molecule has 118 valence electrons. The lowest BCUT2D eigenvalue weighted by Crippen LogP contribution is -2.28. The molecule has 0 saturated heterocycles. The van der Waals surface area contributed by atoms with Gasteiger partial charge in [0.2, 0.25) is 11.7 Å². The summed E-state index contributed by atoms with van der Waals surface area (Å²) in [7, 11) is 0. The van der Waals surface area contributed by atoms with Gasteiger partial charge in [-0.1, -0.05) is 36.4 Å². The molecule has 0 spiro atoms. The van der Waals surface area contributed by atoms with E-state index in [4.69, 9.17) is 4.52 Å². The Kier molecular flexibility index (Phi) is 5.08. The van der Waals surface area contributed by atoms with E-state index in [-0.39, 0.29) is 11.9 Å². The van der Waals surface area contributed by atoms with Crippen LogP contribution in [-0.2, 0) is 0 Å². The fourth-order valence-electron chi connectivity index (χ4n) is 2.28.